The first kappa shape index (κ1) is 23.9. The first-order valence-electron chi connectivity index (χ1n) is 11.8. The number of pyridine rings is 2. The van der Waals surface area contributed by atoms with Crippen LogP contribution < -0.4 is 5.32 Å². The summed E-state index contributed by atoms with van der Waals surface area (Å²) in [7, 11) is 0. The molecule has 6 nitrogen and oxygen atoms in total. The summed E-state index contributed by atoms with van der Waals surface area (Å²) in [6.45, 7) is 7.28. The van der Waals surface area contributed by atoms with Crippen LogP contribution in [0, 0.1) is 18.3 Å². The van der Waals surface area contributed by atoms with Crippen LogP contribution in [-0.4, -0.2) is 39.9 Å². The number of rotatable bonds is 7. The minimum absolute atomic E-state index is 0.0396. The van der Waals surface area contributed by atoms with Crippen LogP contribution in [-0.2, 0) is 0 Å². The Morgan fingerprint density at radius 1 is 1.23 bits per heavy atom. The number of anilines is 1. The molecule has 2 aromatic heterocycles. The van der Waals surface area contributed by atoms with Gasteiger partial charge in [0.2, 0.25) is 0 Å². The third kappa shape index (κ3) is 5.82. The van der Waals surface area contributed by atoms with Crippen molar-refractivity contribution in [3.8, 4) is 6.07 Å². The van der Waals surface area contributed by atoms with Crippen molar-refractivity contribution in [2.75, 3.05) is 18.4 Å². The number of aromatic nitrogens is 2. The highest BCUT2D eigenvalue weighted by molar-refractivity contribution is 5.97. The Hall–Kier alpha value is -4.24. The number of aryl methyl sites for hydroxylation is 1. The van der Waals surface area contributed by atoms with E-state index in [1.54, 1.807) is 12.4 Å². The average molecular weight is 464 g/mol. The molecule has 0 saturated carbocycles. The molecular weight excluding hydrogens is 434 g/mol. The number of likely N-dealkylation sites (tertiary alicyclic amines) is 1. The van der Waals surface area contributed by atoms with Crippen LogP contribution in [0.1, 0.15) is 40.9 Å². The topological polar surface area (TPSA) is 81.9 Å². The quantitative estimate of drug-likeness (QED) is 0.455. The molecule has 6 heteroatoms. The van der Waals surface area contributed by atoms with Crippen molar-refractivity contribution in [1.82, 2.24) is 14.9 Å². The van der Waals surface area contributed by atoms with Gasteiger partial charge in [0.05, 0.1) is 18.1 Å². The Morgan fingerprint density at radius 2 is 2.06 bits per heavy atom. The van der Waals surface area contributed by atoms with Gasteiger partial charge in [-0.1, -0.05) is 30.9 Å². The van der Waals surface area contributed by atoms with Crippen molar-refractivity contribution in [3.63, 3.8) is 0 Å². The van der Waals surface area contributed by atoms with Crippen molar-refractivity contribution in [1.29, 1.82) is 5.26 Å². The molecule has 176 valence electrons. The van der Waals surface area contributed by atoms with Crippen molar-refractivity contribution >= 4 is 27.9 Å². The van der Waals surface area contributed by atoms with Gasteiger partial charge in [-0.15, -0.1) is 0 Å². The largest absolute Gasteiger partial charge is 0.382 e. The fourth-order valence-electron chi connectivity index (χ4n) is 4.28. The number of nitriles is 1. The summed E-state index contributed by atoms with van der Waals surface area (Å²) >= 11 is 0. The molecule has 0 radical (unpaired) electrons. The maximum atomic E-state index is 12.8. The predicted molar refractivity (Wildman–Crippen MR) is 141 cm³/mol. The molecule has 3 aromatic rings. The summed E-state index contributed by atoms with van der Waals surface area (Å²) in [5, 5.41) is 14.6. The van der Waals surface area contributed by atoms with Gasteiger partial charge >= 0.3 is 0 Å². The molecule has 1 N–H and O–H groups in total. The lowest BCUT2D eigenvalue weighted by Crippen LogP contribution is -2.42. The molecule has 0 bridgehead atoms. The second kappa shape index (κ2) is 11.3. The summed E-state index contributed by atoms with van der Waals surface area (Å²) in [6, 6.07) is 12.4. The molecule has 4 rings (SSSR count). The lowest BCUT2D eigenvalue weighted by Gasteiger charge is -2.33. The molecule has 1 aromatic carbocycles. The summed E-state index contributed by atoms with van der Waals surface area (Å²) in [5.74, 6) is 0.0396. The SMILES string of the molecule is C=C/C(=C\C=C\CC#N)c1cc(NC2CCN(C(=O)c3ccc(C)nc3)CC2)c2cnccc2c1. The van der Waals surface area contributed by atoms with Gasteiger partial charge in [-0.2, -0.15) is 5.26 Å². The van der Waals surface area contributed by atoms with E-state index in [1.165, 1.54) is 0 Å². The number of hydrogen-bond donors (Lipinski definition) is 1. The third-order valence-corrected chi connectivity index (χ3v) is 6.23. The lowest BCUT2D eigenvalue weighted by molar-refractivity contribution is 0.0718. The van der Waals surface area contributed by atoms with Gasteiger partial charge in [0.25, 0.3) is 5.91 Å². The molecule has 1 aliphatic rings. The van der Waals surface area contributed by atoms with Gasteiger partial charge in [-0.3, -0.25) is 14.8 Å². The molecule has 0 aliphatic carbocycles. The van der Waals surface area contributed by atoms with Crippen LogP contribution in [0.2, 0.25) is 0 Å². The number of hydrogen-bond acceptors (Lipinski definition) is 5. The first-order valence-corrected chi connectivity index (χ1v) is 11.8. The third-order valence-electron chi connectivity index (χ3n) is 6.23. The van der Waals surface area contributed by atoms with E-state index in [2.05, 4.69) is 40.1 Å². The molecule has 1 aliphatic heterocycles. The average Bonchev–Trinajstić information content (AvgIpc) is 2.89. The van der Waals surface area contributed by atoms with Gasteiger partial charge in [0.15, 0.2) is 0 Å². The predicted octanol–water partition coefficient (Wildman–Crippen LogP) is 5.69. The summed E-state index contributed by atoms with van der Waals surface area (Å²) in [5.41, 5.74) is 4.59. The number of benzene rings is 1. The van der Waals surface area contributed by atoms with E-state index in [4.69, 9.17) is 5.26 Å². The van der Waals surface area contributed by atoms with Crippen molar-refractivity contribution in [2.45, 2.75) is 32.2 Å². The number of nitrogens with zero attached hydrogens (tertiary/aromatic N) is 4. The molecule has 3 heterocycles. The molecule has 0 atom stereocenters. The minimum atomic E-state index is 0.0396. The Balaban J connectivity index is 1.51. The number of amides is 1. The Morgan fingerprint density at radius 3 is 2.77 bits per heavy atom. The fraction of sp³-hybridized carbons (Fsp3) is 0.241. The lowest BCUT2D eigenvalue weighted by atomic mass is 9.98. The highest BCUT2D eigenvalue weighted by Gasteiger charge is 2.24. The monoisotopic (exact) mass is 463 g/mol. The van der Waals surface area contributed by atoms with E-state index in [0.29, 0.717) is 25.1 Å². The van der Waals surface area contributed by atoms with E-state index < -0.39 is 0 Å². The molecular formula is C29H29N5O. The van der Waals surface area contributed by atoms with E-state index in [0.717, 1.165) is 46.1 Å². The van der Waals surface area contributed by atoms with Crippen molar-refractivity contribution in [2.24, 2.45) is 0 Å². The Kier molecular flexibility index (Phi) is 7.69. The van der Waals surface area contributed by atoms with Crippen molar-refractivity contribution in [3.05, 3.63) is 96.6 Å². The smallest absolute Gasteiger partial charge is 0.255 e. The number of fused-ring (bicyclic) bond motifs is 1. The fourth-order valence-corrected chi connectivity index (χ4v) is 4.28. The van der Waals surface area contributed by atoms with Crippen LogP contribution in [0.4, 0.5) is 5.69 Å². The van der Waals surface area contributed by atoms with E-state index in [1.807, 2.05) is 60.5 Å². The molecule has 1 saturated heterocycles. The van der Waals surface area contributed by atoms with Gasteiger partial charge in [0.1, 0.15) is 0 Å². The maximum Gasteiger partial charge on any atom is 0.255 e. The summed E-state index contributed by atoms with van der Waals surface area (Å²) < 4.78 is 0. The van der Waals surface area contributed by atoms with Crippen LogP contribution in [0.25, 0.3) is 16.3 Å². The van der Waals surface area contributed by atoms with Gasteiger partial charge in [0, 0.05) is 54.5 Å². The molecule has 35 heavy (non-hydrogen) atoms. The Bertz CT molecular complexity index is 1310. The van der Waals surface area contributed by atoms with E-state index in [9.17, 15) is 4.79 Å². The zero-order valence-corrected chi connectivity index (χ0v) is 19.9. The van der Waals surface area contributed by atoms with Crippen molar-refractivity contribution < 1.29 is 4.79 Å². The van der Waals surface area contributed by atoms with E-state index in [-0.39, 0.29) is 11.9 Å². The van der Waals surface area contributed by atoms with Crippen LogP contribution in [0.5, 0.6) is 0 Å². The zero-order chi connectivity index (χ0) is 24.6. The summed E-state index contributed by atoms with van der Waals surface area (Å²) in [4.78, 5) is 23.3. The normalized spacial score (nSPS) is 14.7. The molecule has 0 spiro atoms. The maximum absolute atomic E-state index is 12.8. The minimum Gasteiger partial charge on any atom is -0.382 e. The number of allylic oxidation sites excluding steroid dienone is 5. The number of piperidine rings is 1. The second-order valence-corrected chi connectivity index (χ2v) is 8.64. The zero-order valence-electron chi connectivity index (χ0n) is 19.9. The van der Waals surface area contributed by atoms with Crippen LogP contribution in [0.15, 0.2) is 79.8 Å². The highest BCUT2D eigenvalue weighted by Crippen LogP contribution is 2.30. The van der Waals surface area contributed by atoms with Gasteiger partial charge < -0.3 is 10.2 Å². The molecule has 0 unspecified atom stereocenters. The summed E-state index contributed by atoms with van der Waals surface area (Å²) in [6.07, 6.45) is 14.9. The number of nitrogens with one attached hydrogen (secondary N) is 1. The van der Waals surface area contributed by atoms with Gasteiger partial charge in [-0.05, 0) is 66.6 Å². The first-order chi connectivity index (χ1) is 17.1. The Labute approximate surface area is 206 Å². The number of carbonyl (C=O) groups is 1. The molecule has 1 fully saturated rings. The van der Waals surface area contributed by atoms with Crippen LogP contribution >= 0.6 is 0 Å². The number of carbonyl (C=O) groups excluding carboxylic acids is 1. The van der Waals surface area contributed by atoms with E-state index >= 15 is 0 Å². The highest BCUT2D eigenvalue weighted by atomic mass is 16.2. The standard InChI is InChI=1S/C29H29N5O/c1-3-22(7-5-4-6-13-30)25-17-23-10-14-31-20-27(23)28(18-25)33-26-11-15-34(16-12-26)29(35)24-9-8-21(2)32-19-24/h3-5,7-10,14,17-20,26,33H,1,6,11-12,15-16H2,2H3/b5-4+,22-7+. The van der Waals surface area contributed by atoms with Gasteiger partial charge in [-0.25, -0.2) is 0 Å². The second-order valence-electron chi connectivity index (χ2n) is 8.64. The van der Waals surface area contributed by atoms with Crippen LogP contribution in [0.3, 0.4) is 0 Å². The molecule has 1 amide bonds.